The minimum Gasteiger partial charge on any atom is -0.461 e. The average Bonchev–Trinajstić information content (AvgIpc) is 2.68. The predicted octanol–water partition coefficient (Wildman–Crippen LogP) is 2.47. The highest BCUT2D eigenvalue weighted by Gasteiger charge is 2.35. The smallest absolute Gasteiger partial charge is 0.309 e. The number of esters is 1. The maximum absolute atomic E-state index is 11.7. The molecule has 2 unspecified atom stereocenters. The Morgan fingerprint density at radius 2 is 2.06 bits per heavy atom. The fourth-order valence-corrected chi connectivity index (χ4v) is 2.50. The van der Waals surface area contributed by atoms with Crippen LogP contribution in [0, 0.1) is 5.92 Å². The highest BCUT2D eigenvalue weighted by molar-refractivity contribution is 9.10. The molecule has 1 aromatic rings. The molecule has 0 saturated heterocycles. The van der Waals surface area contributed by atoms with E-state index in [0.29, 0.717) is 12.8 Å². The van der Waals surface area contributed by atoms with E-state index in [1.54, 1.807) is 0 Å². The van der Waals surface area contributed by atoms with E-state index < -0.39 is 0 Å². The van der Waals surface area contributed by atoms with Gasteiger partial charge in [-0.2, -0.15) is 0 Å². The third kappa shape index (κ3) is 3.16. The number of ketones is 1. The monoisotopic (exact) mass is 296 g/mol. The number of carbonyl (C=O) groups is 2. The molecule has 90 valence electrons. The first-order valence-corrected chi connectivity index (χ1v) is 6.45. The summed E-state index contributed by atoms with van der Waals surface area (Å²) in [7, 11) is 0. The molecule has 0 aromatic heterocycles. The summed E-state index contributed by atoms with van der Waals surface area (Å²) in [6.45, 7) is 0.275. The highest BCUT2D eigenvalue weighted by Crippen LogP contribution is 2.28. The predicted molar refractivity (Wildman–Crippen MR) is 66.7 cm³/mol. The molecule has 17 heavy (non-hydrogen) atoms. The van der Waals surface area contributed by atoms with Gasteiger partial charge in [0.15, 0.2) is 0 Å². The van der Waals surface area contributed by atoms with Gasteiger partial charge in [0.2, 0.25) is 0 Å². The van der Waals surface area contributed by atoms with Gasteiger partial charge in [-0.3, -0.25) is 9.59 Å². The molecule has 1 aliphatic rings. The minimum atomic E-state index is -0.282. The van der Waals surface area contributed by atoms with Crippen LogP contribution in [-0.2, 0) is 20.9 Å². The van der Waals surface area contributed by atoms with Crippen LogP contribution in [-0.4, -0.2) is 16.6 Å². The Balaban J connectivity index is 1.84. The molecule has 2 atom stereocenters. The van der Waals surface area contributed by atoms with Crippen molar-refractivity contribution < 1.29 is 14.3 Å². The third-order valence-corrected chi connectivity index (χ3v) is 3.73. The van der Waals surface area contributed by atoms with E-state index in [1.165, 1.54) is 0 Å². The van der Waals surface area contributed by atoms with E-state index in [1.807, 2.05) is 30.3 Å². The molecule has 1 aliphatic carbocycles. The zero-order valence-corrected chi connectivity index (χ0v) is 10.9. The van der Waals surface area contributed by atoms with Crippen molar-refractivity contribution >= 4 is 27.7 Å². The van der Waals surface area contributed by atoms with Crippen LogP contribution in [0.2, 0.25) is 0 Å². The lowest BCUT2D eigenvalue weighted by molar-refractivity contribution is -0.150. The summed E-state index contributed by atoms with van der Waals surface area (Å²) < 4.78 is 5.20. The van der Waals surface area contributed by atoms with Crippen molar-refractivity contribution in [2.24, 2.45) is 5.92 Å². The lowest BCUT2D eigenvalue weighted by Crippen LogP contribution is -2.15. The molecule has 3 nitrogen and oxygen atoms in total. The normalized spacial score (nSPS) is 23.7. The SMILES string of the molecule is O=C1CC(C(=O)OCc2ccccc2)CC1Br. The van der Waals surface area contributed by atoms with Crippen LogP contribution in [0.3, 0.4) is 0 Å². The summed E-state index contributed by atoms with van der Waals surface area (Å²) >= 11 is 3.25. The molecule has 1 fully saturated rings. The topological polar surface area (TPSA) is 43.4 Å². The van der Waals surface area contributed by atoms with Crippen molar-refractivity contribution in [2.45, 2.75) is 24.3 Å². The second-order valence-electron chi connectivity index (χ2n) is 4.16. The summed E-state index contributed by atoms with van der Waals surface area (Å²) in [4.78, 5) is 22.8. The molecule has 1 saturated carbocycles. The number of rotatable bonds is 3. The fourth-order valence-electron chi connectivity index (χ4n) is 1.86. The van der Waals surface area contributed by atoms with Crippen LogP contribution in [0.1, 0.15) is 18.4 Å². The van der Waals surface area contributed by atoms with Gasteiger partial charge in [-0.15, -0.1) is 0 Å². The number of carbonyl (C=O) groups excluding carboxylic acids is 2. The Bertz CT molecular complexity index is 416. The standard InChI is InChI=1S/C13H13BrO3/c14-11-6-10(7-12(11)15)13(16)17-8-9-4-2-1-3-5-9/h1-5,10-11H,6-8H2. The molecule has 2 rings (SSSR count). The van der Waals surface area contributed by atoms with Gasteiger partial charge in [-0.05, 0) is 12.0 Å². The van der Waals surface area contributed by atoms with Crippen LogP contribution in [0.4, 0.5) is 0 Å². The molecule has 0 amide bonds. The summed E-state index contributed by atoms with van der Waals surface area (Å²) in [5, 5.41) is 0. The first-order chi connectivity index (χ1) is 8.16. The molecule has 0 heterocycles. The maximum Gasteiger partial charge on any atom is 0.309 e. The number of ether oxygens (including phenoxy) is 1. The summed E-state index contributed by atoms with van der Waals surface area (Å²) in [5.74, 6) is -0.466. The third-order valence-electron chi connectivity index (χ3n) is 2.85. The molecule has 0 bridgehead atoms. The largest absolute Gasteiger partial charge is 0.461 e. The average molecular weight is 297 g/mol. The number of benzene rings is 1. The zero-order valence-electron chi connectivity index (χ0n) is 9.27. The van der Waals surface area contributed by atoms with Gasteiger partial charge in [0.05, 0.1) is 10.7 Å². The number of hydrogen-bond donors (Lipinski definition) is 0. The second-order valence-corrected chi connectivity index (χ2v) is 5.27. The van der Waals surface area contributed by atoms with Crippen LogP contribution in [0.5, 0.6) is 0 Å². The molecular formula is C13H13BrO3. The van der Waals surface area contributed by atoms with Gasteiger partial charge in [0.25, 0.3) is 0 Å². The van der Waals surface area contributed by atoms with E-state index in [0.717, 1.165) is 5.56 Å². The molecule has 1 aromatic carbocycles. The van der Waals surface area contributed by atoms with Crippen molar-refractivity contribution in [1.29, 1.82) is 0 Å². The van der Waals surface area contributed by atoms with Crippen LogP contribution in [0.25, 0.3) is 0 Å². The number of alkyl halides is 1. The number of Topliss-reactive ketones (excluding diaryl/α,β-unsaturated/α-hetero) is 1. The quantitative estimate of drug-likeness (QED) is 0.636. The minimum absolute atomic E-state index is 0.0895. The fraction of sp³-hybridized carbons (Fsp3) is 0.385. The summed E-state index contributed by atoms with van der Waals surface area (Å²) in [6.07, 6.45) is 0.843. The molecule has 0 radical (unpaired) electrons. The van der Waals surface area contributed by atoms with Crippen molar-refractivity contribution in [3.8, 4) is 0 Å². The van der Waals surface area contributed by atoms with E-state index in [4.69, 9.17) is 4.74 Å². The molecular weight excluding hydrogens is 284 g/mol. The number of hydrogen-bond acceptors (Lipinski definition) is 3. The van der Waals surface area contributed by atoms with Gasteiger partial charge in [-0.1, -0.05) is 46.3 Å². The Hall–Kier alpha value is -1.16. The second kappa shape index (κ2) is 5.45. The first-order valence-electron chi connectivity index (χ1n) is 5.54. The van der Waals surface area contributed by atoms with Crippen LogP contribution in [0.15, 0.2) is 30.3 Å². The Labute approximate surface area is 108 Å². The van der Waals surface area contributed by atoms with Crippen molar-refractivity contribution in [3.05, 3.63) is 35.9 Å². The molecule has 4 heteroatoms. The van der Waals surface area contributed by atoms with Crippen molar-refractivity contribution in [1.82, 2.24) is 0 Å². The molecule has 0 aliphatic heterocycles. The highest BCUT2D eigenvalue weighted by atomic mass is 79.9. The maximum atomic E-state index is 11.7. The molecule has 0 N–H and O–H groups in total. The van der Waals surface area contributed by atoms with Crippen molar-refractivity contribution in [3.63, 3.8) is 0 Å². The Morgan fingerprint density at radius 3 is 2.65 bits per heavy atom. The number of halogens is 1. The summed E-state index contributed by atoms with van der Waals surface area (Å²) in [5.41, 5.74) is 0.959. The van der Waals surface area contributed by atoms with Gasteiger partial charge < -0.3 is 4.74 Å². The van der Waals surface area contributed by atoms with Crippen LogP contribution >= 0.6 is 15.9 Å². The van der Waals surface area contributed by atoms with E-state index in [2.05, 4.69) is 15.9 Å². The molecule has 0 spiro atoms. The lowest BCUT2D eigenvalue weighted by atomic mass is 10.1. The lowest BCUT2D eigenvalue weighted by Gasteiger charge is -2.09. The Morgan fingerprint density at radius 1 is 1.35 bits per heavy atom. The Kier molecular flexibility index (Phi) is 3.94. The van der Waals surface area contributed by atoms with Gasteiger partial charge >= 0.3 is 5.97 Å². The van der Waals surface area contributed by atoms with Crippen LogP contribution < -0.4 is 0 Å². The first kappa shape index (κ1) is 12.3. The zero-order chi connectivity index (χ0) is 12.3. The van der Waals surface area contributed by atoms with Crippen molar-refractivity contribution in [2.75, 3.05) is 0 Å². The van der Waals surface area contributed by atoms with E-state index in [-0.39, 0.29) is 29.1 Å². The van der Waals surface area contributed by atoms with E-state index >= 15 is 0 Å². The van der Waals surface area contributed by atoms with Gasteiger partial charge in [-0.25, -0.2) is 0 Å². The van der Waals surface area contributed by atoms with E-state index in [9.17, 15) is 9.59 Å². The van der Waals surface area contributed by atoms with Gasteiger partial charge in [0.1, 0.15) is 12.4 Å². The summed E-state index contributed by atoms with van der Waals surface area (Å²) in [6, 6.07) is 9.52. The van der Waals surface area contributed by atoms with Gasteiger partial charge in [0, 0.05) is 6.42 Å².